The summed E-state index contributed by atoms with van der Waals surface area (Å²) in [5, 5.41) is 0.702. The zero-order valence-corrected chi connectivity index (χ0v) is 15.7. The van der Waals surface area contributed by atoms with E-state index < -0.39 is 0 Å². The van der Waals surface area contributed by atoms with Gasteiger partial charge in [-0.2, -0.15) is 0 Å². The number of halogens is 2. The molecule has 0 spiro atoms. The molecule has 26 heavy (non-hydrogen) atoms. The molecule has 0 saturated heterocycles. The molecule has 3 heterocycles. The lowest BCUT2D eigenvalue weighted by molar-refractivity contribution is 0.626. The van der Waals surface area contributed by atoms with Gasteiger partial charge in [-0.1, -0.05) is 17.8 Å². The summed E-state index contributed by atoms with van der Waals surface area (Å²) < 4.78 is 17.6. The largest absolute Gasteiger partial charge is 0.295 e. The molecule has 0 aliphatic carbocycles. The summed E-state index contributed by atoms with van der Waals surface area (Å²) >= 11 is 4.79. The van der Waals surface area contributed by atoms with Gasteiger partial charge in [-0.25, -0.2) is 14.4 Å². The number of pyridine rings is 1. The minimum Gasteiger partial charge on any atom is -0.295 e. The Morgan fingerprint density at radius 3 is 2.92 bits per heavy atom. The van der Waals surface area contributed by atoms with Crippen LogP contribution in [0.25, 0.3) is 11.3 Å². The SMILES string of the molecule is O=c1cc(CSc2nccn2-c2cccc(F)c2)nc2ccc(Br)cn12. The number of benzene rings is 1. The molecule has 8 heteroatoms. The van der Waals surface area contributed by atoms with E-state index in [0.717, 1.165) is 4.47 Å². The zero-order valence-electron chi connectivity index (χ0n) is 13.3. The fourth-order valence-electron chi connectivity index (χ4n) is 2.56. The molecule has 0 saturated carbocycles. The Bertz CT molecular complexity index is 1160. The number of nitrogens with zero attached hydrogens (tertiary/aromatic N) is 4. The third-order valence-electron chi connectivity index (χ3n) is 3.72. The van der Waals surface area contributed by atoms with Crippen LogP contribution in [0.5, 0.6) is 0 Å². The standard InChI is InChI=1S/C18H12BrFN4OS/c19-12-4-5-16-22-14(9-17(25)24(16)10-12)11-26-18-21-6-7-23(18)15-3-1-2-13(20)8-15/h1-10H,11H2. The van der Waals surface area contributed by atoms with Gasteiger partial charge in [0.25, 0.3) is 5.56 Å². The van der Waals surface area contributed by atoms with Gasteiger partial charge in [0, 0.05) is 34.9 Å². The molecule has 0 fully saturated rings. The van der Waals surface area contributed by atoms with Crippen molar-refractivity contribution in [3.8, 4) is 5.69 Å². The van der Waals surface area contributed by atoms with E-state index in [1.807, 2.05) is 12.1 Å². The average molecular weight is 431 g/mol. The second kappa shape index (κ2) is 7.05. The van der Waals surface area contributed by atoms with Gasteiger partial charge in [-0.3, -0.25) is 13.8 Å². The number of hydrogen-bond acceptors (Lipinski definition) is 4. The van der Waals surface area contributed by atoms with E-state index in [0.29, 0.717) is 27.9 Å². The highest BCUT2D eigenvalue weighted by Gasteiger charge is 2.09. The summed E-state index contributed by atoms with van der Waals surface area (Å²) in [6, 6.07) is 11.5. The Hall–Kier alpha value is -2.45. The molecule has 0 amide bonds. The maximum absolute atomic E-state index is 13.5. The summed E-state index contributed by atoms with van der Waals surface area (Å²) in [7, 11) is 0. The number of aromatic nitrogens is 4. The van der Waals surface area contributed by atoms with E-state index in [1.54, 1.807) is 35.3 Å². The molecule has 0 atom stereocenters. The highest BCUT2D eigenvalue weighted by Crippen LogP contribution is 2.23. The van der Waals surface area contributed by atoms with E-state index in [1.165, 1.54) is 34.4 Å². The van der Waals surface area contributed by atoms with Crippen molar-refractivity contribution in [3.63, 3.8) is 0 Å². The average Bonchev–Trinajstić information content (AvgIpc) is 3.09. The molecule has 0 N–H and O–H groups in total. The van der Waals surface area contributed by atoms with Crippen LogP contribution in [0.15, 0.2) is 75.5 Å². The van der Waals surface area contributed by atoms with Crippen molar-refractivity contribution in [2.45, 2.75) is 10.9 Å². The molecule has 0 radical (unpaired) electrons. The first-order valence-electron chi connectivity index (χ1n) is 7.70. The molecule has 1 aromatic carbocycles. The highest BCUT2D eigenvalue weighted by molar-refractivity contribution is 9.10. The van der Waals surface area contributed by atoms with Gasteiger partial charge in [0.15, 0.2) is 5.16 Å². The van der Waals surface area contributed by atoms with Crippen LogP contribution >= 0.6 is 27.7 Å². The van der Waals surface area contributed by atoms with Gasteiger partial charge in [0.05, 0.1) is 11.4 Å². The number of imidazole rings is 1. The minimum absolute atomic E-state index is 0.139. The lowest BCUT2D eigenvalue weighted by atomic mass is 10.3. The van der Waals surface area contributed by atoms with Gasteiger partial charge in [-0.05, 0) is 46.3 Å². The zero-order chi connectivity index (χ0) is 18.1. The van der Waals surface area contributed by atoms with E-state index in [-0.39, 0.29) is 11.4 Å². The number of rotatable bonds is 4. The third-order valence-corrected chi connectivity index (χ3v) is 5.19. The first kappa shape index (κ1) is 17.0. The van der Waals surface area contributed by atoms with E-state index in [9.17, 15) is 9.18 Å². The molecule has 3 aromatic heterocycles. The molecule has 4 rings (SSSR count). The number of fused-ring (bicyclic) bond motifs is 1. The first-order valence-corrected chi connectivity index (χ1v) is 9.48. The van der Waals surface area contributed by atoms with Crippen LogP contribution in [0.3, 0.4) is 0 Å². The summed E-state index contributed by atoms with van der Waals surface area (Å²) in [6.45, 7) is 0. The lowest BCUT2D eigenvalue weighted by Gasteiger charge is -2.08. The Kier molecular flexibility index (Phi) is 4.60. The van der Waals surface area contributed by atoms with Crippen LogP contribution in [0.2, 0.25) is 0 Å². The Balaban J connectivity index is 1.61. The second-order valence-electron chi connectivity index (χ2n) is 5.51. The Labute approximate surface area is 160 Å². The normalized spacial score (nSPS) is 11.2. The molecule has 0 aliphatic rings. The molecule has 5 nitrogen and oxygen atoms in total. The van der Waals surface area contributed by atoms with Crippen molar-refractivity contribution in [1.82, 2.24) is 18.9 Å². The van der Waals surface area contributed by atoms with Crippen LogP contribution in [-0.2, 0) is 5.75 Å². The molecule has 130 valence electrons. The maximum atomic E-state index is 13.5. The van der Waals surface area contributed by atoms with Crippen LogP contribution < -0.4 is 5.56 Å². The molecule has 0 aliphatic heterocycles. The topological polar surface area (TPSA) is 52.2 Å². The molecule has 4 aromatic rings. The minimum atomic E-state index is -0.303. The van der Waals surface area contributed by atoms with E-state index >= 15 is 0 Å². The lowest BCUT2D eigenvalue weighted by Crippen LogP contribution is -2.15. The fraction of sp³-hybridized carbons (Fsp3) is 0.0556. The second-order valence-corrected chi connectivity index (χ2v) is 7.37. The Morgan fingerprint density at radius 1 is 1.19 bits per heavy atom. The number of hydrogen-bond donors (Lipinski definition) is 0. The van der Waals surface area contributed by atoms with Crippen molar-refractivity contribution in [2.75, 3.05) is 0 Å². The molecule has 0 bridgehead atoms. The van der Waals surface area contributed by atoms with E-state index in [2.05, 4.69) is 25.9 Å². The predicted molar refractivity (Wildman–Crippen MR) is 102 cm³/mol. The molecular formula is C18H12BrFN4OS. The molecular weight excluding hydrogens is 419 g/mol. The third kappa shape index (κ3) is 3.42. The van der Waals surface area contributed by atoms with Gasteiger partial charge in [0.2, 0.25) is 0 Å². The summed E-state index contributed by atoms with van der Waals surface area (Å²) in [4.78, 5) is 21.1. The first-order chi connectivity index (χ1) is 12.6. The van der Waals surface area contributed by atoms with Crippen molar-refractivity contribution in [3.05, 3.63) is 87.4 Å². The van der Waals surface area contributed by atoms with Crippen molar-refractivity contribution < 1.29 is 4.39 Å². The van der Waals surface area contributed by atoms with Crippen LogP contribution in [-0.4, -0.2) is 18.9 Å². The van der Waals surface area contributed by atoms with Crippen LogP contribution in [0.4, 0.5) is 4.39 Å². The van der Waals surface area contributed by atoms with Crippen LogP contribution in [0.1, 0.15) is 5.69 Å². The summed E-state index contributed by atoms with van der Waals surface area (Å²) in [5.41, 5.74) is 1.81. The predicted octanol–water partition coefficient (Wildman–Crippen LogP) is 4.07. The van der Waals surface area contributed by atoms with Crippen molar-refractivity contribution in [1.29, 1.82) is 0 Å². The number of thioether (sulfide) groups is 1. The smallest absolute Gasteiger partial charge is 0.258 e. The van der Waals surface area contributed by atoms with Crippen LogP contribution in [0, 0.1) is 5.82 Å². The Morgan fingerprint density at radius 2 is 2.08 bits per heavy atom. The van der Waals surface area contributed by atoms with Gasteiger partial charge < -0.3 is 0 Å². The van der Waals surface area contributed by atoms with Crippen molar-refractivity contribution in [2.24, 2.45) is 0 Å². The highest BCUT2D eigenvalue weighted by atomic mass is 79.9. The van der Waals surface area contributed by atoms with Gasteiger partial charge in [0.1, 0.15) is 11.5 Å². The summed E-state index contributed by atoms with van der Waals surface area (Å²) in [6.07, 6.45) is 5.13. The van der Waals surface area contributed by atoms with E-state index in [4.69, 9.17) is 0 Å². The van der Waals surface area contributed by atoms with Crippen molar-refractivity contribution >= 4 is 33.3 Å². The quantitative estimate of drug-likeness (QED) is 0.457. The van der Waals surface area contributed by atoms with Gasteiger partial charge in [-0.15, -0.1) is 0 Å². The maximum Gasteiger partial charge on any atom is 0.258 e. The monoisotopic (exact) mass is 430 g/mol. The van der Waals surface area contributed by atoms with Gasteiger partial charge >= 0.3 is 0 Å². The summed E-state index contributed by atoms with van der Waals surface area (Å²) in [5.74, 6) is 0.177. The fourth-order valence-corrected chi connectivity index (χ4v) is 3.76. The molecule has 0 unspecified atom stereocenters.